The molecule has 1 fully saturated rings. The number of piperidine rings is 1. The molecule has 1 heterocycles. The molecular formula is C14H31N3O2S. The van der Waals surface area contributed by atoms with Crippen LogP contribution in [0, 0.1) is 5.92 Å². The van der Waals surface area contributed by atoms with Gasteiger partial charge >= 0.3 is 0 Å². The van der Waals surface area contributed by atoms with E-state index in [1.54, 1.807) is 6.92 Å². The van der Waals surface area contributed by atoms with Gasteiger partial charge in [0.15, 0.2) is 0 Å². The SMILES string of the molecule is CC(C)NCC(C)S(=O)(=O)NCCC1CCN(C)CC1. The summed E-state index contributed by atoms with van der Waals surface area (Å²) in [5, 5.41) is 2.78. The molecule has 5 nitrogen and oxygen atoms in total. The van der Waals surface area contributed by atoms with Crippen molar-refractivity contribution in [3.05, 3.63) is 0 Å². The van der Waals surface area contributed by atoms with E-state index in [1.165, 1.54) is 12.8 Å². The summed E-state index contributed by atoms with van der Waals surface area (Å²) in [5.74, 6) is 0.665. The van der Waals surface area contributed by atoms with E-state index in [4.69, 9.17) is 0 Å². The van der Waals surface area contributed by atoms with Crippen molar-refractivity contribution in [2.45, 2.75) is 51.3 Å². The molecule has 1 saturated heterocycles. The molecule has 0 spiro atoms. The fourth-order valence-corrected chi connectivity index (χ4v) is 3.41. The van der Waals surface area contributed by atoms with Gasteiger partial charge in [0.2, 0.25) is 10.0 Å². The third-order valence-corrected chi connectivity index (χ3v) is 5.87. The number of sulfonamides is 1. The van der Waals surface area contributed by atoms with Crippen LogP contribution in [0.2, 0.25) is 0 Å². The number of rotatable bonds is 8. The highest BCUT2D eigenvalue weighted by Crippen LogP contribution is 2.18. The molecule has 1 unspecified atom stereocenters. The Morgan fingerprint density at radius 1 is 1.20 bits per heavy atom. The van der Waals surface area contributed by atoms with Crippen molar-refractivity contribution in [1.29, 1.82) is 0 Å². The van der Waals surface area contributed by atoms with Gasteiger partial charge in [-0.3, -0.25) is 0 Å². The van der Waals surface area contributed by atoms with Gasteiger partial charge in [0.25, 0.3) is 0 Å². The highest BCUT2D eigenvalue weighted by molar-refractivity contribution is 7.90. The molecule has 120 valence electrons. The van der Waals surface area contributed by atoms with Crippen LogP contribution in [0.25, 0.3) is 0 Å². The predicted molar refractivity (Wildman–Crippen MR) is 84.4 cm³/mol. The molecule has 1 atom stereocenters. The van der Waals surface area contributed by atoms with Gasteiger partial charge in [-0.15, -0.1) is 0 Å². The maximum Gasteiger partial charge on any atom is 0.215 e. The van der Waals surface area contributed by atoms with E-state index in [-0.39, 0.29) is 5.25 Å². The van der Waals surface area contributed by atoms with Crippen LogP contribution >= 0.6 is 0 Å². The molecule has 0 amide bonds. The van der Waals surface area contributed by atoms with Crippen LogP contribution in [0.3, 0.4) is 0 Å². The molecule has 0 aromatic carbocycles. The highest BCUT2D eigenvalue weighted by atomic mass is 32.2. The van der Waals surface area contributed by atoms with Crippen LogP contribution in [-0.2, 0) is 10.0 Å². The van der Waals surface area contributed by atoms with Gasteiger partial charge in [-0.1, -0.05) is 13.8 Å². The minimum absolute atomic E-state index is 0.312. The smallest absolute Gasteiger partial charge is 0.215 e. The Balaban J connectivity index is 2.25. The van der Waals surface area contributed by atoms with Gasteiger partial charge in [-0.2, -0.15) is 0 Å². The summed E-state index contributed by atoms with van der Waals surface area (Å²) in [6, 6.07) is 0.312. The normalized spacial score (nSPS) is 20.4. The average molecular weight is 305 g/mol. The molecule has 6 heteroatoms. The predicted octanol–water partition coefficient (Wildman–Crippen LogP) is 1.02. The third kappa shape index (κ3) is 6.52. The van der Waals surface area contributed by atoms with Gasteiger partial charge in [-0.05, 0) is 52.2 Å². The summed E-state index contributed by atoms with van der Waals surface area (Å²) < 4.78 is 26.9. The second-order valence-electron chi connectivity index (χ2n) is 6.35. The van der Waals surface area contributed by atoms with Crippen LogP contribution in [-0.4, -0.2) is 57.8 Å². The first-order valence-corrected chi connectivity index (χ1v) is 9.26. The van der Waals surface area contributed by atoms with Crippen molar-refractivity contribution in [2.24, 2.45) is 5.92 Å². The molecule has 0 aromatic rings. The summed E-state index contributed by atoms with van der Waals surface area (Å²) in [7, 11) is -1.05. The van der Waals surface area contributed by atoms with Crippen LogP contribution in [0.5, 0.6) is 0 Å². The molecule has 0 aromatic heterocycles. The molecule has 0 aliphatic carbocycles. The third-order valence-electron chi connectivity index (χ3n) is 4.04. The zero-order valence-electron chi connectivity index (χ0n) is 13.4. The monoisotopic (exact) mass is 305 g/mol. The van der Waals surface area contributed by atoms with Gasteiger partial charge in [-0.25, -0.2) is 13.1 Å². The molecule has 2 N–H and O–H groups in total. The second kappa shape index (κ2) is 8.32. The van der Waals surface area contributed by atoms with E-state index < -0.39 is 10.0 Å². The Morgan fingerprint density at radius 3 is 2.35 bits per heavy atom. The van der Waals surface area contributed by atoms with Gasteiger partial charge in [0.1, 0.15) is 0 Å². The van der Waals surface area contributed by atoms with Crippen molar-refractivity contribution in [2.75, 3.05) is 33.2 Å². The zero-order valence-corrected chi connectivity index (χ0v) is 14.2. The van der Waals surface area contributed by atoms with E-state index in [0.717, 1.165) is 19.5 Å². The van der Waals surface area contributed by atoms with Crippen molar-refractivity contribution in [3.63, 3.8) is 0 Å². The van der Waals surface area contributed by atoms with Crippen molar-refractivity contribution in [3.8, 4) is 0 Å². The van der Waals surface area contributed by atoms with Crippen LogP contribution in [0.15, 0.2) is 0 Å². The Hall–Kier alpha value is -0.170. The van der Waals surface area contributed by atoms with E-state index in [1.807, 2.05) is 13.8 Å². The zero-order chi connectivity index (χ0) is 15.2. The minimum Gasteiger partial charge on any atom is -0.313 e. The number of hydrogen-bond acceptors (Lipinski definition) is 4. The molecule has 20 heavy (non-hydrogen) atoms. The lowest BCUT2D eigenvalue weighted by atomic mass is 9.94. The lowest BCUT2D eigenvalue weighted by Crippen LogP contribution is -2.41. The topological polar surface area (TPSA) is 61.4 Å². The van der Waals surface area contributed by atoms with Gasteiger partial charge < -0.3 is 10.2 Å². The number of nitrogens with zero attached hydrogens (tertiary/aromatic N) is 1. The summed E-state index contributed by atoms with van der Waals surface area (Å²) in [4.78, 5) is 2.33. The molecular weight excluding hydrogens is 274 g/mol. The Labute approximate surface area is 124 Å². The summed E-state index contributed by atoms with van der Waals surface area (Å²) >= 11 is 0. The fourth-order valence-electron chi connectivity index (χ4n) is 2.41. The molecule has 1 aliphatic rings. The summed E-state index contributed by atoms with van der Waals surface area (Å²) in [5.41, 5.74) is 0. The van der Waals surface area contributed by atoms with Crippen LogP contribution in [0.1, 0.15) is 40.0 Å². The lowest BCUT2D eigenvalue weighted by molar-refractivity contribution is 0.213. The standard InChI is InChI=1S/C14H31N3O2S/c1-12(2)15-11-13(3)20(18,19)16-8-5-14-6-9-17(4)10-7-14/h12-16H,5-11H2,1-4H3. The Bertz CT molecular complexity index is 363. The highest BCUT2D eigenvalue weighted by Gasteiger charge is 2.21. The number of hydrogen-bond donors (Lipinski definition) is 2. The van der Waals surface area contributed by atoms with Crippen molar-refractivity contribution < 1.29 is 8.42 Å². The molecule has 1 rings (SSSR count). The lowest BCUT2D eigenvalue weighted by Gasteiger charge is -2.29. The fraction of sp³-hybridized carbons (Fsp3) is 1.00. The van der Waals surface area contributed by atoms with Crippen molar-refractivity contribution >= 4 is 10.0 Å². The van der Waals surface area contributed by atoms with Gasteiger partial charge in [0.05, 0.1) is 5.25 Å². The average Bonchev–Trinajstić information content (AvgIpc) is 2.38. The van der Waals surface area contributed by atoms with Crippen LogP contribution in [0.4, 0.5) is 0 Å². The molecule has 0 saturated carbocycles. The molecule has 0 bridgehead atoms. The summed E-state index contributed by atoms with van der Waals surface area (Å²) in [6.45, 7) is 9.13. The molecule has 1 aliphatic heterocycles. The van der Waals surface area contributed by atoms with E-state index in [2.05, 4.69) is 22.0 Å². The molecule has 0 radical (unpaired) electrons. The first-order valence-electron chi connectivity index (χ1n) is 7.71. The quantitative estimate of drug-likeness (QED) is 0.703. The Kier molecular flexibility index (Phi) is 7.43. The largest absolute Gasteiger partial charge is 0.313 e. The van der Waals surface area contributed by atoms with Gasteiger partial charge in [0, 0.05) is 19.1 Å². The first kappa shape index (κ1) is 17.9. The second-order valence-corrected chi connectivity index (χ2v) is 8.53. The van der Waals surface area contributed by atoms with E-state index in [0.29, 0.717) is 25.0 Å². The Morgan fingerprint density at radius 2 is 1.80 bits per heavy atom. The van der Waals surface area contributed by atoms with Crippen molar-refractivity contribution in [1.82, 2.24) is 14.9 Å². The number of nitrogens with one attached hydrogen (secondary N) is 2. The van der Waals surface area contributed by atoms with E-state index >= 15 is 0 Å². The minimum atomic E-state index is -3.19. The first-order chi connectivity index (χ1) is 9.31. The van der Waals surface area contributed by atoms with E-state index in [9.17, 15) is 8.42 Å². The van der Waals surface area contributed by atoms with Crippen LogP contribution < -0.4 is 10.0 Å². The summed E-state index contributed by atoms with van der Waals surface area (Å²) in [6.07, 6.45) is 3.32. The number of likely N-dealkylation sites (tertiary alicyclic amines) is 1. The maximum atomic E-state index is 12.1. The maximum absolute atomic E-state index is 12.1.